The van der Waals surface area contributed by atoms with Gasteiger partial charge in [-0.3, -0.25) is 0 Å². The van der Waals surface area contributed by atoms with Crippen LogP contribution in [0.5, 0.6) is 11.5 Å². The molecule has 0 spiro atoms. The lowest BCUT2D eigenvalue weighted by atomic mass is 10.2. The summed E-state index contributed by atoms with van der Waals surface area (Å²) in [6, 6.07) is 4.58. The Labute approximate surface area is 108 Å². The van der Waals surface area contributed by atoms with Crippen LogP contribution in [0.25, 0.3) is 11.5 Å². The molecule has 0 unspecified atom stereocenters. The number of carbonyl (C=O) groups is 1. The predicted octanol–water partition coefficient (Wildman–Crippen LogP) is 1.63. The van der Waals surface area contributed by atoms with Crippen LogP contribution in [0.2, 0.25) is 0 Å². The number of carbonyl (C=O) groups excluding carboxylic acids is 1. The fourth-order valence-electron chi connectivity index (χ4n) is 1.44. The van der Waals surface area contributed by atoms with Crippen LogP contribution in [0.3, 0.4) is 0 Å². The van der Waals surface area contributed by atoms with Crippen molar-refractivity contribution in [3.8, 4) is 23.0 Å². The third kappa shape index (κ3) is 2.65. The van der Waals surface area contributed by atoms with Gasteiger partial charge in [-0.1, -0.05) is 0 Å². The number of ether oxygens (including phenoxy) is 2. The fourth-order valence-corrected chi connectivity index (χ4v) is 1.44. The van der Waals surface area contributed by atoms with E-state index in [0.717, 1.165) is 0 Å². The summed E-state index contributed by atoms with van der Waals surface area (Å²) in [5, 5.41) is 16.9. The van der Waals surface area contributed by atoms with Crippen LogP contribution < -0.4 is 4.74 Å². The van der Waals surface area contributed by atoms with E-state index < -0.39 is 5.97 Å². The van der Waals surface area contributed by atoms with Gasteiger partial charge in [0.1, 0.15) is 0 Å². The van der Waals surface area contributed by atoms with Crippen molar-refractivity contribution in [3.63, 3.8) is 0 Å². The standard InChI is InChI=1S/C12H12N2O5/c1-3-18-12(16)11-14-13-10(19-11)7-4-5-9(17-2)8(15)6-7/h4-6,15H,3H2,1-2H3. The average molecular weight is 264 g/mol. The van der Waals surface area contributed by atoms with Gasteiger partial charge in [0.25, 0.3) is 0 Å². The Bertz CT molecular complexity index is 594. The zero-order valence-corrected chi connectivity index (χ0v) is 10.4. The highest BCUT2D eigenvalue weighted by atomic mass is 16.5. The van der Waals surface area contributed by atoms with E-state index in [1.165, 1.54) is 13.2 Å². The van der Waals surface area contributed by atoms with Gasteiger partial charge in [-0.25, -0.2) is 4.79 Å². The molecule has 0 saturated heterocycles. The topological polar surface area (TPSA) is 94.7 Å². The van der Waals surface area contributed by atoms with Gasteiger partial charge in [-0.05, 0) is 25.1 Å². The van der Waals surface area contributed by atoms with Crippen molar-refractivity contribution < 1.29 is 23.8 Å². The molecular formula is C12H12N2O5. The lowest BCUT2D eigenvalue weighted by Crippen LogP contribution is -2.04. The van der Waals surface area contributed by atoms with Gasteiger partial charge < -0.3 is 19.0 Å². The monoisotopic (exact) mass is 264 g/mol. The third-order valence-corrected chi connectivity index (χ3v) is 2.30. The maximum atomic E-state index is 11.4. The van der Waals surface area contributed by atoms with Crippen LogP contribution in [-0.4, -0.2) is 35.0 Å². The van der Waals surface area contributed by atoms with E-state index in [1.807, 2.05) is 0 Å². The Morgan fingerprint density at radius 3 is 2.84 bits per heavy atom. The summed E-state index contributed by atoms with van der Waals surface area (Å²) in [5.41, 5.74) is 0.473. The van der Waals surface area contributed by atoms with Crippen molar-refractivity contribution in [1.29, 1.82) is 0 Å². The van der Waals surface area contributed by atoms with E-state index in [2.05, 4.69) is 10.2 Å². The molecule has 7 heteroatoms. The summed E-state index contributed by atoms with van der Waals surface area (Å²) in [4.78, 5) is 11.4. The molecule has 1 aromatic carbocycles. The van der Waals surface area contributed by atoms with Gasteiger partial charge in [-0.15, -0.1) is 10.2 Å². The number of nitrogens with zero attached hydrogens (tertiary/aromatic N) is 2. The Hall–Kier alpha value is -2.57. The average Bonchev–Trinajstić information content (AvgIpc) is 2.88. The van der Waals surface area contributed by atoms with E-state index in [4.69, 9.17) is 13.9 Å². The number of methoxy groups -OCH3 is 1. The molecule has 2 aromatic rings. The lowest BCUT2D eigenvalue weighted by molar-refractivity contribution is 0.0481. The first-order valence-corrected chi connectivity index (χ1v) is 5.53. The van der Waals surface area contributed by atoms with Crippen LogP contribution in [0.4, 0.5) is 0 Å². The smallest absolute Gasteiger partial charge is 0.396 e. The summed E-state index contributed by atoms with van der Waals surface area (Å²) in [6.45, 7) is 1.90. The van der Waals surface area contributed by atoms with Crippen LogP contribution >= 0.6 is 0 Å². The second-order valence-electron chi connectivity index (χ2n) is 3.52. The van der Waals surface area contributed by atoms with Gasteiger partial charge in [0.15, 0.2) is 11.5 Å². The summed E-state index contributed by atoms with van der Waals surface area (Å²) < 4.78 is 14.8. The maximum absolute atomic E-state index is 11.4. The minimum absolute atomic E-state index is 0.0594. The van der Waals surface area contributed by atoms with E-state index in [9.17, 15) is 9.90 Å². The van der Waals surface area contributed by atoms with Crippen LogP contribution in [0.15, 0.2) is 22.6 Å². The Balaban J connectivity index is 2.27. The highest BCUT2D eigenvalue weighted by Gasteiger charge is 2.17. The van der Waals surface area contributed by atoms with Crippen molar-refractivity contribution in [2.75, 3.05) is 13.7 Å². The number of hydrogen-bond donors (Lipinski definition) is 1. The molecule has 1 N–H and O–H groups in total. The molecular weight excluding hydrogens is 252 g/mol. The Morgan fingerprint density at radius 2 is 2.21 bits per heavy atom. The van der Waals surface area contributed by atoms with Gasteiger partial charge in [-0.2, -0.15) is 0 Å². The van der Waals surface area contributed by atoms with E-state index >= 15 is 0 Å². The van der Waals surface area contributed by atoms with Crippen LogP contribution in [-0.2, 0) is 4.74 Å². The van der Waals surface area contributed by atoms with Crippen LogP contribution in [0.1, 0.15) is 17.6 Å². The normalized spacial score (nSPS) is 10.2. The van der Waals surface area contributed by atoms with Gasteiger partial charge in [0, 0.05) is 5.56 Å². The van der Waals surface area contributed by atoms with E-state index in [0.29, 0.717) is 11.3 Å². The minimum atomic E-state index is -0.681. The molecule has 0 aliphatic heterocycles. The first kappa shape index (κ1) is 12.9. The van der Waals surface area contributed by atoms with E-state index in [-0.39, 0.29) is 24.1 Å². The molecule has 0 radical (unpaired) electrons. The second-order valence-corrected chi connectivity index (χ2v) is 3.52. The number of phenolic OH excluding ortho intramolecular Hbond substituents is 1. The molecule has 100 valence electrons. The predicted molar refractivity (Wildman–Crippen MR) is 63.9 cm³/mol. The second kappa shape index (κ2) is 5.38. The van der Waals surface area contributed by atoms with Gasteiger partial charge >= 0.3 is 11.9 Å². The largest absolute Gasteiger partial charge is 0.504 e. The number of esters is 1. The zero-order chi connectivity index (χ0) is 13.8. The number of phenols is 1. The van der Waals surface area contributed by atoms with Gasteiger partial charge in [0.2, 0.25) is 5.89 Å². The van der Waals surface area contributed by atoms with Crippen LogP contribution in [0, 0.1) is 0 Å². The van der Waals surface area contributed by atoms with Gasteiger partial charge in [0.05, 0.1) is 13.7 Å². The molecule has 0 fully saturated rings. The molecule has 2 rings (SSSR count). The SMILES string of the molecule is CCOC(=O)c1nnc(-c2ccc(OC)c(O)c2)o1. The maximum Gasteiger partial charge on any atom is 0.396 e. The molecule has 1 heterocycles. The highest BCUT2D eigenvalue weighted by Crippen LogP contribution is 2.30. The first-order valence-electron chi connectivity index (χ1n) is 5.53. The Morgan fingerprint density at radius 1 is 1.42 bits per heavy atom. The zero-order valence-electron chi connectivity index (χ0n) is 10.4. The highest BCUT2D eigenvalue weighted by molar-refractivity contribution is 5.84. The molecule has 0 bridgehead atoms. The third-order valence-electron chi connectivity index (χ3n) is 2.30. The van der Waals surface area contributed by atoms with E-state index in [1.54, 1.807) is 19.1 Å². The minimum Gasteiger partial charge on any atom is -0.504 e. The van der Waals surface area contributed by atoms with Crippen molar-refractivity contribution in [1.82, 2.24) is 10.2 Å². The molecule has 1 aromatic heterocycles. The Kier molecular flexibility index (Phi) is 3.65. The number of hydrogen-bond acceptors (Lipinski definition) is 7. The van der Waals surface area contributed by atoms with Crippen molar-refractivity contribution in [2.24, 2.45) is 0 Å². The summed E-state index contributed by atoms with van der Waals surface area (Å²) in [5.74, 6) is -0.531. The summed E-state index contributed by atoms with van der Waals surface area (Å²) >= 11 is 0. The fraction of sp³-hybridized carbons (Fsp3) is 0.250. The molecule has 0 amide bonds. The molecule has 0 aliphatic rings. The van der Waals surface area contributed by atoms with Crippen molar-refractivity contribution in [2.45, 2.75) is 6.92 Å². The number of aromatic nitrogens is 2. The number of rotatable bonds is 4. The van der Waals surface area contributed by atoms with Crippen molar-refractivity contribution in [3.05, 3.63) is 24.1 Å². The summed E-state index contributed by atoms with van der Waals surface area (Å²) in [6.07, 6.45) is 0. The molecule has 19 heavy (non-hydrogen) atoms. The van der Waals surface area contributed by atoms with Crippen molar-refractivity contribution >= 4 is 5.97 Å². The lowest BCUT2D eigenvalue weighted by Gasteiger charge is -2.03. The number of benzene rings is 1. The molecule has 0 saturated carbocycles. The molecule has 7 nitrogen and oxygen atoms in total. The first-order chi connectivity index (χ1) is 9.15. The molecule has 0 atom stereocenters. The quantitative estimate of drug-likeness (QED) is 0.838. The molecule has 0 aliphatic carbocycles. The summed E-state index contributed by atoms with van der Waals surface area (Å²) in [7, 11) is 1.44. The number of aromatic hydroxyl groups is 1.